The zero-order valence-electron chi connectivity index (χ0n) is 11.7. The molecule has 1 amide bonds. The Morgan fingerprint density at radius 1 is 1.33 bits per heavy atom. The van der Waals surface area contributed by atoms with E-state index < -0.39 is 17.6 Å². The maximum atomic E-state index is 12.7. The van der Waals surface area contributed by atoms with Gasteiger partial charge in [0, 0.05) is 17.6 Å². The Bertz CT molecular complexity index is 515. The minimum Gasteiger partial charge on any atom is -0.396 e. The zero-order valence-corrected chi connectivity index (χ0v) is 13.3. The number of alkyl halides is 3. The molecule has 3 nitrogen and oxygen atoms in total. The standard InChI is InChI=1S/C14H17BrF3NO2/c1-13(2,5-6-20)8-19-12(21)10-7-9(14(16,17)18)3-4-11(10)15/h3-4,7,20H,5-6,8H2,1-2H3,(H,19,21). The summed E-state index contributed by atoms with van der Waals surface area (Å²) >= 11 is 3.08. The van der Waals surface area contributed by atoms with E-state index in [9.17, 15) is 18.0 Å². The Kier molecular flexibility index (Phi) is 5.81. The molecule has 21 heavy (non-hydrogen) atoms. The molecule has 0 aliphatic carbocycles. The first-order valence-electron chi connectivity index (χ1n) is 6.32. The second kappa shape index (κ2) is 6.79. The third kappa shape index (κ3) is 5.32. The van der Waals surface area contributed by atoms with Crippen LogP contribution in [0.15, 0.2) is 22.7 Å². The number of aliphatic hydroxyl groups is 1. The van der Waals surface area contributed by atoms with Crippen LogP contribution in [0.25, 0.3) is 0 Å². The highest BCUT2D eigenvalue weighted by Crippen LogP contribution is 2.32. The Morgan fingerprint density at radius 3 is 2.48 bits per heavy atom. The number of hydrogen-bond donors (Lipinski definition) is 2. The smallest absolute Gasteiger partial charge is 0.396 e. The van der Waals surface area contributed by atoms with Crippen molar-refractivity contribution in [3.8, 4) is 0 Å². The van der Waals surface area contributed by atoms with Crippen molar-refractivity contribution in [2.24, 2.45) is 5.41 Å². The van der Waals surface area contributed by atoms with E-state index in [0.29, 0.717) is 10.9 Å². The summed E-state index contributed by atoms with van der Waals surface area (Å²) in [4.78, 5) is 12.0. The van der Waals surface area contributed by atoms with Crippen LogP contribution in [0.3, 0.4) is 0 Å². The molecule has 7 heteroatoms. The van der Waals surface area contributed by atoms with Gasteiger partial charge in [0.1, 0.15) is 0 Å². The van der Waals surface area contributed by atoms with Gasteiger partial charge in [0.25, 0.3) is 5.91 Å². The summed E-state index contributed by atoms with van der Waals surface area (Å²) in [7, 11) is 0. The van der Waals surface area contributed by atoms with Crippen molar-refractivity contribution in [2.75, 3.05) is 13.2 Å². The van der Waals surface area contributed by atoms with Gasteiger partial charge in [0.05, 0.1) is 11.1 Å². The van der Waals surface area contributed by atoms with E-state index >= 15 is 0 Å². The SMILES string of the molecule is CC(C)(CCO)CNC(=O)c1cc(C(F)(F)F)ccc1Br. The summed E-state index contributed by atoms with van der Waals surface area (Å²) < 4.78 is 38.3. The summed E-state index contributed by atoms with van der Waals surface area (Å²) in [6.45, 7) is 3.95. The normalized spacial score (nSPS) is 12.3. The van der Waals surface area contributed by atoms with Gasteiger partial charge in [-0.25, -0.2) is 0 Å². The van der Waals surface area contributed by atoms with Gasteiger partial charge in [0.2, 0.25) is 0 Å². The van der Waals surface area contributed by atoms with E-state index in [1.807, 2.05) is 13.8 Å². The molecule has 1 rings (SSSR count). The maximum absolute atomic E-state index is 12.7. The molecular weight excluding hydrogens is 351 g/mol. The number of amides is 1. The number of aliphatic hydroxyl groups excluding tert-OH is 1. The fraction of sp³-hybridized carbons (Fsp3) is 0.500. The third-order valence-corrected chi connectivity index (χ3v) is 3.75. The lowest BCUT2D eigenvalue weighted by molar-refractivity contribution is -0.137. The minimum absolute atomic E-state index is 0.0177. The van der Waals surface area contributed by atoms with Gasteiger partial charge in [-0.1, -0.05) is 13.8 Å². The fourth-order valence-electron chi connectivity index (χ4n) is 1.68. The maximum Gasteiger partial charge on any atom is 0.416 e. The molecule has 0 aliphatic heterocycles. The van der Waals surface area contributed by atoms with Crippen LogP contribution in [0.2, 0.25) is 0 Å². The van der Waals surface area contributed by atoms with E-state index in [1.165, 1.54) is 6.07 Å². The topological polar surface area (TPSA) is 49.3 Å². The first-order chi connectivity index (χ1) is 9.57. The highest BCUT2D eigenvalue weighted by molar-refractivity contribution is 9.10. The van der Waals surface area contributed by atoms with Crippen LogP contribution in [-0.4, -0.2) is 24.2 Å². The monoisotopic (exact) mass is 367 g/mol. The number of nitrogens with one attached hydrogen (secondary N) is 1. The molecule has 0 radical (unpaired) electrons. The van der Waals surface area contributed by atoms with E-state index in [0.717, 1.165) is 12.1 Å². The molecule has 0 spiro atoms. The van der Waals surface area contributed by atoms with Gasteiger partial charge >= 0.3 is 6.18 Å². The summed E-state index contributed by atoms with van der Waals surface area (Å²) in [6, 6.07) is 2.94. The van der Waals surface area contributed by atoms with E-state index in [1.54, 1.807) is 0 Å². The van der Waals surface area contributed by atoms with Crippen molar-refractivity contribution in [3.05, 3.63) is 33.8 Å². The zero-order chi connectivity index (χ0) is 16.3. The van der Waals surface area contributed by atoms with Crippen molar-refractivity contribution in [1.82, 2.24) is 5.32 Å². The number of rotatable bonds is 5. The molecule has 118 valence electrons. The molecule has 0 heterocycles. The van der Waals surface area contributed by atoms with Crippen molar-refractivity contribution in [2.45, 2.75) is 26.4 Å². The molecule has 0 atom stereocenters. The lowest BCUT2D eigenvalue weighted by Crippen LogP contribution is -2.34. The number of carbonyl (C=O) groups excluding carboxylic acids is 1. The van der Waals surface area contributed by atoms with Crippen molar-refractivity contribution in [3.63, 3.8) is 0 Å². The number of hydrogen-bond acceptors (Lipinski definition) is 2. The Balaban J connectivity index is 2.88. The largest absolute Gasteiger partial charge is 0.416 e. The van der Waals surface area contributed by atoms with Gasteiger partial charge in [-0.2, -0.15) is 13.2 Å². The highest BCUT2D eigenvalue weighted by Gasteiger charge is 2.31. The van der Waals surface area contributed by atoms with Crippen molar-refractivity contribution < 1.29 is 23.1 Å². The molecule has 0 fully saturated rings. The van der Waals surface area contributed by atoms with Gasteiger partial charge in [-0.3, -0.25) is 4.79 Å². The van der Waals surface area contributed by atoms with Crippen molar-refractivity contribution in [1.29, 1.82) is 0 Å². The first-order valence-corrected chi connectivity index (χ1v) is 7.12. The van der Waals surface area contributed by atoms with Crippen LogP contribution in [0.1, 0.15) is 36.2 Å². The number of benzene rings is 1. The minimum atomic E-state index is -4.49. The van der Waals surface area contributed by atoms with Crippen LogP contribution in [-0.2, 0) is 6.18 Å². The van der Waals surface area contributed by atoms with E-state index in [4.69, 9.17) is 5.11 Å². The predicted octanol–water partition coefficient (Wildman–Crippen LogP) is 3.61. The first kappa shape index (κ1) is 18.0. The highest BCUT2D eigenvalue weighted by atomic mass is 79.9. The van der Waals surface area contributed by atoms with Crippen LogP contribution in [0, 0.1) is 5.41 Å². The lowest BCUT2D eigenvalue weighted by atomic mass is 9.89. The van der Waals surface area contributed by atoms with Crippen LogP contribution in [0.5, 0.6) is 0 Å². The quantitative estimate of drug-likeness (QED) is 0.835. The van der Waals surface area contributed by atoms with Crippen LogP contribution >= 0.6 is 15.9 Å². The van der Waals surface area contributed by atoms with Gasteiger partial charge in [0.15, 0.2) is 0 Å². The molecule has 0 bridgehead atoms. The number of carbonyl (C=O) groups is 1. The average molecular weight is 368 g/mol. The molecule has 1 aromatic rings. The molecular formula is C14H17BrF3NO2. The molecule has 0 saturated carbocycles. The van der Waals surface area contributed by atoms with E-state index in [2.05, 4.69) is 21.2 Å². The Hall–Kier alpha value is -1.08. The fourth-order valence-corrected chi connectivity index (χ4v) is 2.11. The second-order valence-electron chi connectivity index (χ2n) is 5.51. The third-order valence-electron chi connectivity index (χ3n) is 3.05. The molecule has 0 aromatic heterocycles. The Morgan fingerprint density at radius 2 is 1.95 bits per heavy atom. The second-order valence-corrected chi connectivity index (χ2v) is 6.37. The number of halogens is 4. The molecule has 2 N–H and O–H groups in total. The molecule has 1 aromatic carbocycles. The average Bonchev–Trinajstić information content (AvgIpc) is 2.35. The summed E-state index contributed by atoms with van der Waals surface area (Å²) in [6.07, 6.45) is -4.01. The van der Waals surface area contributed by atoms with Crippen molar-refractivity contribution >= 4 is 21.8 Å². The summed E-state index contributed by atoms with van der Waals surface area (Å²) in [5, 5.41) is 11.5. The molecule has 0 aliphatic rings. The molecule has 0 unspecified atom stereocenters. The van der Waals surface area contributed by atoms with Gasteiger partial charge < -0.3 is 10.4 Å². The summed E-state index contributed by atoms with van der Waals surface area (Å²) in [5.74, 6) is -0.584. The van der Waals surface area contributed by atoms with Gasteiger partial charge in [-0.15, -0.1) is 0 Å². The van der Waals surface area contributed by atoms with E-state index in [-0.39, 0.29) is 24.1 Å². The molecule has 0 saturated heterocycles. The predicted molar refractivity (Wildman–Crippen MR) is 77.0 cm³/mol. The van der Waals surface area contributed by atoms with Gasteiger partial charge in [-0.05, 0) is 46.0 Å². The van der Waals surface area contributed by atoms with Crippen LogP contribution < -0.4 is 5.32 Å². The van der Waals surface area contributed by atoms with Crippen LogP contribution in [0.4, 0.5) is 13.2 Å². The Labute approximate surface area is 129 Å². The lowest BCUT2D eigenvalue weighted by Gasteiger charge is -2.24. The summed E-state index contributed by atoms with van der Waals surface area (Å²) in [5.41, 5.74) is -1.27.